The van der Waals surface area contributed by atoms with Gasteiger partial charge in [0.15, 0.2) is 6.10 Å². The van der Waals surface area contributed by atoms with Gasteiger partial charge in [-0.25, -0.2) is 0 Å². The number of aryl methyl sites for hydroxylation is 1. The number of nitrogens with zero attached hydrogens (tertiary/aromatic N) is 1. The minimum absolute atomic E-state index is 0.253. The molecule has 1 aliphatic rings. The standard InChI is InChI=1S/C24H27N3O5S/c1-14-8-7-11-20(15(14)2)32-16(3)21(28)25-26-22(29)19(12-13-33-4)27-23(30)17-9-5-6-10-18(17)24(27)31/h5-11,16,19H,12-13H2,1-4H3,(H,25,28)(H,26,29)/t16-,19+/m1/s1. The molecule has 0 aromatic heterocycles. The van der Waals surface area contributed by atoms with Crippen LogP contribution in [0.4, 0.5) is 0 Å². The Morgan fingerprint density at radius 1 is 0.970 bits per heavy atom. The summed E-state index contributed by atoms with van der Waals surface area (Å²) in [5, 5.41) is 0. The average Bonchev–Trinajstić information content (AvgIpc) is 3.06. The van der Waals surface area contributed by atoms with Gasteiger partial charge in [-0.3, -0.25) is 34.9 Å². The highest BCUT2D eigenvalue weighted by atomic mass is 32.2. The lowest BCUT2D eigenvalue weighted by molar-refractivity contribution is -0.134. The van der Waals surface area contributed by atoms with E-state index in [1.165, 1.54) is 11.8 Å². The molecular weight excluding hydrogens is 442 g/mol. The van der Waals surface area contributed by atoms with Crippen LogP contribution in [0.2, 0.25) is 0 Å². The van der Waals surface area contributed by atoms with Crippen LogP contribution in [-0.4, -0.2) is 52.7 Å². The number of benzene rings is 2. The minimum atomic E-state index is -1.06. The molecule has 33 heavy (non-hydrogen) atoms. The van der Waals surface area contributed by atoms with Crippen molar-refractivity contribution in [1.82, 2.24) is 15.8 Å². The Labute approximate surface area is 197 Å². The summed E-state index contributed by atoms with van der Waals surface area (Å²) in [4.78, 5) is 52.1. The quantitative estimate of drug-likeness (QED) is 0.455. The Hall–Kier alpha value is -3.33. The molecule has 2 atom stereocenters. The molecule has 2 N–H and O–H groups in total. The molecule has 9 heteroatoms. The summed E-state index contributed by atoms with van der Waals surface area (Å²) in [6, 6.07) is 11.0. The number of carbonyl (C=O) groups is 4. The second-order valence-electron chi connectivity index (χ2n) is 7.76. The highest BCUT2D eigenvalue weighted by molar-refractivity contribution is 7.98. The fourth-order valence-electron chi connectivity index (χ4n) is 3.50. The molecule has 2 aromatic rings. The van der Waals surface area contributed by atoms with Crippen molar-refractivity contribution in [2.75, 3.05) is 12.0 Å². The SMILES string of the molecule is CSCC[C@@H](C(=O)NNC(=O)[C@@H](C)Oc1cccc(C)c1C)N1C(=O)c2ccccc2C1=O. The van der Waals surface area contributed by atoms with Crippen LogP contribution >= 0.6 is 11.8 Å². The number of amides is 4. The molecule has 0 fully saturated rings. The Kier molecular flexibility index (Phi) is 7.75. The zero-order chi connectivity index (χ0) is 24.1. The topological polar surface area (TPSA) is 105 Å². The molecule has 4 amide bonds. The Morgan fingerprint density at radius 3 is 2.18 bits per heavy atom. The summed E-state index contributed by atoms with van der Waals surface area (Å²) in [6.45, 7) is 5.41. The lowest BCUT2D eigenvalue weighted by Crippen LogP contribution is -2.55. The Morgan fingerprint density at radius 2 is 1.58 bits per heavy atom. The maximum atomic E-state index is 12.9. The third-order valence-corrected chi connectivity index (χ3v) is 6.22. The normalized spacial score (nSPS) is 14.5. The van der Waals surface area contributed by atoms with E-state index in [0.717, 1.165) is 16.0 Å². The zero-order valence-electron chi connectivity index (χ0n) is 19.0. The van der Waals surface area contributed by atoms with Crippen molar-refractivity contribution >= 4 is 35.4 Å². The fourth-order valence-corrected chi connectivity index (χ4v) is 3.96. The van der Waals surface area contributed by atoms with Crippen molar-refractivity contribution in [3.05, 3.63) is 64.7 Å². The van der Waals surface area contributed by atoms with E-state index in [1.54, 1.807) is 37.3 Å². The maximum absolute atomic E-state index is 12.9. The molecule has 8 nitrogen and oxygen atoms in total. The summed E-state index contributed by atoms with van der Waals surface area (Å²) in [7, 11) is 0. The van der Waals surface area contributed by atoms with Crippen molar-refractivity contribution in [1.29, 1.82) is 0 Å². The van der Waals surface area contributed by atoms with E-state index in [9.17, 15) is 19.2 Å². The van der Waals surface area contributed by atoms with Gasteiger partial charge < -0.3 is 4.74 Å². The van der Waals surface area contributed by atoms with Crippen LogP contribution in [0.1, 0.15) is 45.2 Å². The number of fused-ring (bicyclic) bond motifs is 1. The van der Waals surface area contributed by atoms with E-state index in [-0.39, 0.29) is 17.5 Å². The van der Waals surface area contributed by atoms with E-state index in [4.69, 9.17) is 4.74 Å². The van der Waals surface area contributed by atoms with Crippen molar-refractivity contribution in [3.8, 4) is 5.75 Å². The van der Waals surface area contributed by atoms with E-state index in [0.29, 0.717) is 11.5 Å². The summed E-state index contributed by atoms with van der Waals surface area (Å²) in [5.41, 5.74) is 7.19. The lowest BCUT2D eigenvalue weighted by Gasteiger charge is -2.25. The minimum Gasteiger partial charge on any atom is -0.481 e. The molecule has 1 aliphatic heterocycles. The Balaban J connectivity index is 1.67. The van der Waals surface area contributed by atoms with E-state index < -0.39 is 35.8 Å². The predicted molar refractivity (Wildman–Crippen MR) is 126 cm³/mol. The summed E-state index contributed by atoms with van der Waals surface area (Å²) in [6.07, 6.45) is 1.24. The van der Waals surface area contributed by atoms with Gasteiger partial charge in [0.1, 0.15) is 11.8 Å². The first kappa shape index (κ1) is 24.3. The largest absolute Gasteiger partial charge is 0.481 e. The van der Waals surface area contributed by atoms with Crippen LogP contribution in [0.25, 0.3) is 0 Å². The molecular formula is C24H27N3O5S. The number of hydrogen-bond acceptors (Lipinski definition) is 6. The molecule has 0 spiro atoms. The van der Waals surface area contributed by atoms with Crippen LogP contribution in [0.5, 0.6) is 5.75 Å². The summed E-state index contributed by atoms with van der Waals surface area (Å²) < 4.78 is 5.74. The molecule has 2 aromatic carbocycles. The molecule has 3 rings (SSSR count). The van der Waals surface area contributed by atoms with Crippen molar-refractivity contribution in [2.24, 2.45) is 0 Å². The number of hydrogen-bond donors (Lipinski definition) is 2. The van der Waals surface area contributed by atoms with Crippen LogP contribution in [0.15, 0.2) is 42.5 Å². The molecule has 0 radical (unpaired) electrons. The van der Waals surface area contributed by atoms with Crippen LogP contribution in [-0.2, 0) is 9.59 Å². The predicted octanol–water partition coefficient (Wildman–Crippen LogP) is 2.64. The third kappa shape index (κ3) is 5.19. The first-order chi connectivity index (χ1) is 15.8. The molecule has 0 saturated heterocycles. The number of rotatable bonds is 8. The van der Waals surface area contributed by atoms with Gasteiger partial charge in [0.25, 0.3) is 23.6 Å². The number of nitrogens with one attached hydrogen (secondary N) is 2. The van der Waals surface area contributed by atoms with Crippen LogP contribution < -0.4 is 15.6 Å². The smallest absolute Gasteiger partial charge is 0.279 e. The summed E-state index contributed by atoms with van der Waals surface area (Å²) >= 11 is 1.49. The van der Waals surface area contributed by atoms with Crippen LogP contribution in [0.3, 0.4) is 0 Å². The number of thioether (sulfide) groups is 1. The van der Waals surface area contributed by atoms with Crippen molar-refractivity contribution in [2.45, 2.75) is 39.3 Å². The van der Waals surface area contributed by atoms with Crippen molar-refractivity contribution in [3.63, 3.8) is 0 Å². The molecule has 0 aliphatic carbocycles. The second-order valence-corrected chi connectivity index (χ2v) is 8.75. The molecule has 0 saturated carbocycles. The maximum Gasteiger partial charge on any atom is 0.279 e. The molecule has 174 valence electrons. The zero-order valence-corrected chi connectivity index (χ0v) is 19.8. The van der Waals surface area contributed by atoms with Gasteiger partial charge in [-0.2, -0.15) is 11.8 Å². The van der Waals surface area contributed by atoms with Crippen molar-refractivity contribution < 1.29 is 23.9 Å². The van der Waals surface area contributed by atoms with Gasteiger partial charge in [0, 0.05) is 0 Å². The second kappa shape index (κ2) is 10.5. The van der Waals surface area contributed by atoms with E-state index in [1.807, 2.05) is 32.2 Å². The number of ether oxygens (including phenoxy) is 1. The monoisotopic (exact) mass is 469 g/mol. The van der Waals surface area contributed by atoms with Gasteiger partial charge >= 0.3 is 0 Å². The first-order valence-corrected chi connectivity index (χ1v) is 11.9. The molecule has 0 bridgehead atoms. The number of carbonyl (C=O) groups excluding carboxylic acids is 4. The van der Waals surface area contributed by atoms with Gasteiger partial charge in [-0.15, -0.1) is 0 Å². The molecule has 1 heterocycles. The van der Waals surface area contributed by atoms with E-state index in [2.05, 4.69) is 10.9 Å². The van der Waals surface area contributed by atoms with E-state index >= 15 is 0 Å². The van der Waals surface area contributed by atoms with Gasteiger partial charge in [0.05, 0.1) is 11.1 Å². The first-order valence-electron chi connectivity index (χ1n) is 10.5. The van der Waals surface area contributed by atoms with Gasteiger partial charge in [-0.05, 0) is 68.5 Å². The lowest BCUT2D eigenvalue weighted by atomic mass is 10.1. The van der Waals surface area contributed by atoms with Gasteiger partial charge in [0.2, 0.25) is 0 Å². The Bertz CT molecular complexity index is 1050. The van der Waals surface area contributed by atoms with Crippen LogP contribution in [0, 0.1) is 13.8 Å². The number of hydrazine groups is 1. The third-order valence-electron chi connectivity index (χ3n) is 5.57. The highest BCUT2D eigenvalue weighted by Crippen LogP contribution is 2.26. The van der Waals surface area contributed by atoms with Gasteiger partial charge in [-0.1, -0.05) is 24.3 Å². The fraction of sp³-hybridized carbons (Fsp3) is 0.333. The highest BCUT2D eigenvalue weighted by Gasteiger charge is 2.42. The number of imide groups is 1. The summed E-state index contributed by atoms with van der Waals surface area (Å²) in [5.74, 6) is -1.12. The molecule has 0 unspecified atom stereocenters. The average molecular weight is 470 g/mol.